The second kappa shape index (κ2) is 5.83. The average molecular weight is 361 g/mol. The first-order valence-electron chi connectivity index (χ1n) is 6.38. The number of sulfonamides is 1. The molecular weight excluding hydrogens is 344 g/mol. The van der Waals surface area contributed by atoms with Crippen LogP contribution in [0.4, 0.5) is 0 Å². The van der Waals surface area contributed by atoms with Gasteiger partial charge in [0.1, 0.15) is 0 Å². The number of hydrogen-bond acceptors (Lipinski definition) is 3. The Morgan fingerprint density at radius 2 is 1.95 bits per heavy atom. The maximum Gasteiger partial charge on any atom is 0.243 e. The number of hydrogen-bond donors (Lipinski definition) is 1. The zero-order valence-electron chi connectivity index (χ0n) is 11.2. The number of carbonyl (C=O) groups is 1. The number of aryl methyl sites for hydroxylation is 1. The van der Waals surface area contributed by atoms with Gasteiger partial charge in [-0.2, -0.15) is 4.31 Å². The van der Waals surface area contributed by atoms with Gasteiger partial charge in [-0.05, 0) is 43.5 Å². The molecule has 0 atom stereocenters. The molecule has 2 N–H and O–H groups in total. The third kappa shape index (κ3) is 3.05. The van der Waals surface area contributed by atoms with E-state index in [1.165, 1.54) is 4.31 Å². The van der Waals surface area contributed by atoms with Crippen LogP contribution in [0.3, 0.4) is 0 Å². The van der Waals surface area contributed by atoms with Gasteiger partial charge < -0.3 is 5.73 Å². The predicted octanol–water partition coefficient (Wildman–Crippen LogP) is 1.64. The summed E-state index contributed by atoms with van der Waals surface area (Å²) in [5.41, 5.74) is 6.13. The van der Waals surface area contributed by atoms with Gasteiger partial charge in [0.15, 0.2) is 0 Å². The van der Waals surface area contributed by atoms with Crippen molar-refractivity contribution >= 4 is 31.9 Å². The SMILES string of the molecule is Cc1cc(S(=O)(=O)N2CCC(C(N)=O)CC2)ccc1Br. The highest BCUT2D eigenvalue weighted by molar-refractivity contribution is 9.10. The molecular formula is C13H17BrN2O3S. The van der Waals surface area contributed by atoms with Crippen LogP contribution in [0.5, 0.6) is 0 Å². The van der Waals surface area contributed by atoms with Crippen LogP contribution in [-0.4, -0.2) is 31.7 Å². The van der Waals surface area contributed by atoms with Crippen molar-refractivity contribution in [3.05, 3.63) is 28.2 Å². The molecule has 0 aromatic heterocycles. The molecule has 1 saturated heterocycles. The highest BCUT2D eigenvalue weighted by Crippen LogP contribution is 2.26. The van der Waals surface area contributed by atoms with Gasteiger partial charge in [-0.3, -0.25) is 4.79 Å². The largest absolute Gasteiger partial charge is 0.369 e. The van der Waals surface area contributed by atoms with E-state index in [4.69, 9.17) is 5.73 Å². The molecule has 0 aliphatic carbocycles. The molecule has 5 nitrogen and oxygen atoms in total. The molecule has 7 heteroatoms. The standard InChI is InChI=1S/C13H17BrN2O3S/c1-9-8-11(2-3-12(9)14)20(18,19)16-6-4-10(5-7-16)13(15)17/h2-3,8,10H,4-7H2,1H3,(H2,15,17). The van der Waals surface area contributed by atoms with Crippen LogP contribution in [0.2, 0.25) is 0 Å². The van der Waals surface area contributed by atoms with Crippen LogP contribution >= 0.6 is 15.9 Å². The quantitative estimate of drug-likeness (QED) is 0.889. The van der Waals surface area contributed by atoms with Crippen molar-refractivity contribution in [3.8, 4) is 0 Å². The summed E-state index contributed by atoms with van der Waals surface area (Å²) in [6.45, 7) is 2.53. The number of piperidine rings is 1. The first kappa shape index (κ1) is 15.5. The minimum atomic E-state index is -3.49. The van der Waals surface area contributed by atoms with E-state index < -0.39 is 10.0 Å². The van der Waals surface area contributed by atoms with Gasteiger partial charge in [0.25, 0.3) is 0 Å². The summed E-state index contributed by atoms with van der Waals surface area (Å²) in [7, 11) is -3.49. The molecule has 2 rings (SSSR count). The van der Waals surface area contributed by atoms with Crippen LogP contribution in [0.25, 0.3) is 0 Å². The fourth-order valence-corrected chi connectivity index (χ4v) is 4.11. The van der Waals surface area contributed by atoms with Crippen LogP contribution in [0.1, 0.15) is 18.4 Å². The van der Waals surface area contributed by atoms with Crippen molar-refractivity contribution in [2.45, 2.75) is 24.7 Å². The van der Waals surface area contributed by atoms with Crippen molar-refractivity contribution in [3.63, 3.8) is 0 Å². The molecule has 1 heterocycles. The topological polar surface area (TPSA) is 80.5 Å². The first-order chi connectivity index (χ1) is 9.32. The van der Waals surface area contributed by atoms with E-state index in [1.54, 1.807) is 18.2 Å². The van der Waals surface area contributed by atoms with Gasteiger partial charge >= 0.3 is 0 Å². The number of halogens is 1. The van der Waals surface area contributed by atoms with Gasteiger partial charge in [0.05, 0.1) is 4.90 Å². The van der Waals surface area contributed by atoms with Crippen LogP contribution in [0, 0.1) is 12.8 Å². The van der Waals surface area contributed by atoms with Crippen molar-refractivity contribution in [1.29, 1.82) is 0 Å². The molecule has 1 amide bonds. The molecule has 1 aromatic rings. The van der Waals surface area contributed by atoms with Gasteiger partial charge in [0, 0.05) is 23.5 Å². The van der Waals surface area contributed by atoms with E-state index in [2.05, 4.69) is 15.9 Å². The van der Waals surface area contributed by atoms with Crippen molar-refractivity contribution in [2.24, 2.45) is 11.7 Å². The fourth-order valence-electron chi connectivity index (χ4n) is 2.31. The Hall–Kier alpha value is -0.920. The third-order valence-corrected chi connectivity index (χ3v) is 6.41. The molecule has 1 fully saturated rings. The van der Waals surface area contributed by atoms with E-state index >= 15 is 0 Å². The molecule has 1 aromatic carbocycles. The Kier molecular flexibility index (Phi) is 4.51. The predicted molar refractivity (Wildman–Crippen MR) is 79.6 cm³/mol. The number of carbonyl (C=O) groups excluding carboxylic acids is 1. The molecule has 1 aliphatic heterocycles. The third-order valence-electron chi connectivity index (χ3n) is 3.62. The second-order valence-corrected chi connectivity index (χ2v) is 7.78. The average Bonchev–Trinajstić information content (AvgIpc) is 2.41. The zero-order chi connectivity index (χ0) is 14.9. The summed E-state index contributed by atoms with van der Waals surface area (Å²) in [6.07, 6.45) is 0.980. The van der Waals surface area contributed by atoms with Gasteiger partial charge in [-0.1, -0.05) is 15.9 Å². The Morgan fingerprint density at radius 3 is 2.45 bits per heavy atom. The van der Waals surface area contributed by atoms with Gasteiger partial charge in [0.2, 0.25) is 15.9 Å². The van der Waals surface area contributed by atoms with Crippen LogP contribution < -0.4 is 5.73 Å². The molecule has 0 unspecified atom stereocenters. The maximum atomic E-state index is 12.5. The van der Waals surface area contributed by atoms with Gasteiger partial charge in [-0.15, -0.1) is 0 Å². The highest BCUT2D eigenvalue weighted by Gasteiger charge is 2.31. The molecule has 1 aliphatic rings. The Morgan fingerprint density at radius 1 is 1.35 bits per heavy atom. The van der Waals surface area contributed by atoms with Crippen molar-refractivity contribution in [2.75, 3.05) is 13.1 Å². The number of nitrogens with two attached hydrogens (primary N) is 1. The Balaban J connectivity index is 2.19. The van der Waals surface area contributed by atoms with Crippen LogP contribution in [-0.2, 0) is 14.8 Å². The number of rotatable bonds is 3. The van der Waals surface area contributed by atoms with Gasteiger partial charge in [-0.25, -0.2) is 8.42 Å². The number of nitrogens with zero attached hydrogens (tertiary/aromatic N) is 1. The summed E-state index contributed by atoms with van der Waals surface area (Å²) in [5, 5.41) is 0. The normalized spacial score (nSPS) is 18.1. The van der Waals surface area contributed by atoms with E-state index in [0.29, 0.717) is 25.9 Å². The van der Waals surface area contributed by atoms with E-state index in [0.717, 1.165) is 10.0 Å². The lowest BCUT2D eigenvalue weighted by Gasteiger charge is -2.29. The minimum Gasteiger partial charge on any atom is -0.369 e. The van der Waals surface area contributed by atoms with Crippen molar-refractivity contribution < 1.29 is 13.2 Å². The lowest BCUT2D eigenvalue weighted by Crippen LogP contribution is -2.41. The summed E-state index contributed by atoms with van der Waals surface area (Å²) in [5.74, 6) is -0.561. The smallest absolute Gasteiger partial charge is 0.243 e. The molecule has 110 valence electrons. The fraction of sp³-hybridized carbons (Fsp3) is 0.462. The zero-order valence-corrected chi connectivity index (χ0v) is 13.6. The maximum absolute atomic E-state index is 12.5. The van der Waals surface area contributed by atoms with E-state index in [-0.39, 0.29) is 16.7 Å². The number of benzene rings is 1. The highest BCUT2D eigenvalue weighted by atomic mass is 79.9. The first-order valence-corrected chi connectivity index (χ1v) is 8.61. The monoisotopic (exact) mass is 360 g/mol. The molecule has 20 heavy (non-hydrogen) atoms. The number of primary amides is 1. The lowest BCUT2D eigenvalue weighted by molar-refractivity contribution is -0.122. The molecule has 0 radical (unpaired) electrons. The second-order valence-electron chi connectivity index (χ2n) is 4.99. The van der Waals surface area contributed by atoms with E-state index in [9.17, 15) is 13.2 Å². The Bertz CT molecular complexity index is 623. The minimum absolute atomic E-state index is 0.215. The van der Waals surface area contributed by atoms with Crippen LogP contribution in [0.15, 0.2) is 27.6 Å². The summed E-state index contributed by atoms with van der Waals surface area (Å²) in [6, 6.07) is 4.98. The lowest BCUT2D eigenvalue weighted by atomic mass is 9.98. The molecule has 0 saturated carbocycles. The Labute approximate surface area is 127 Å². The summed E-state index contributed by atoms with van der Waals surface area (Å²) < 4.78 is 27.3. The van der Waals surface area contributed by atoms with E-state index in [1.807, 2.05) is 6.92 Å². The van der Waals surface area contributed by atoms with Crippen molar-refractivity contribution in [1.82, 2.24) is 4.31 Å². The number of amides is 1. The molecule has 0 spiro atoms. The summed E-state index contributed by atoms with van der Waals surface area (Å²) in [4.78, 5) is 11.4. The molecule has 0 bridgehead atoms. The summed E-state index contributed by atoms with van der Waals surface area (Å²) >= 11 is 3.36.